The molecule has 0 amide bonds. The molecule has 2 N–H and O–H groups in total. The molecule has 0 aliphatic heterocycles. The number of anilines is 1. The monoisotopic (exact) mass is 347 g/mol. The predicted octanol–water partition coefficient (Wildman–Crippen LogP) is 5.17. The highest BCUT2D eigenvalue weighted by atomic mass is 32.1. The van der Waals surface area contributed by atoms with E-state index < -0.39 is 0 Å². The number of fused-ring (bicyclic) bond motifs is 1. The van der Waals surface area contributed by atoms with Crippen molar-refractivity contribution in [3.8, 4) is 0 Å². The van der Waals surface area contributed by atoms with Crippen molar-refractivity contribution in [3.05, 3.63) is 77.4 Å². The Labute approximate surface area is 153 Å². The van der Waals surface area contributed by atoms with Crippen LogP contribution >= 0.6 is 12.2 Å². The second-order valence-corrected chi connectivity index (χ2v) is 6.50. The first kappa shape index (κ1) is 17.1. The smallest absolute Gasteiger partial charge is 0.191 e. The van der Waals surface area contributed by atoms with Gasteiger partial charge in [-0.25, -0.2) is 0 Å². The third-order valence-corrected chi connectivity index (χ3v) is 4.41. The van der Waals surface area contributed by atoms with Gasteiger partial charge in [0.15, 0.2) is 5.11 Å². The van der Waals surface area contributed by atoms with Gasteiger partial charge in [0.2, 0.25) is 0 Å². The molecule has 0 saturated heterocycles. The summed E-state index contributed by atoms with van der Waals surface area (Å²) in [5, 5.41) is 10.6. The zero-order chi connectivity index (χ0) is 17.8. The summed E-state index contributed by atoms with van der Waals surface area (Å²) in [5.74, 6) is 0. The van der Waals surface area contributed by atoms with Crippen molar-refractivity contribution in [2.45, 2.75) is 20.8 Å². The van der Waals surface area contributed by atoms with Gasteiger partial charge < -0.3 is 5.32 Å². The van der Waals surface area contributed by atoms with E-state index in [1.807, 2.05) is 25.1 Å². The number of para-hydroxylation sites is 1. The molecule has 0 spiro atoms. The Morgan fingerprint density at radius 3 is 2.28 bits per heavy atom. The van der Waals surface area contributed by atoms with Crippen LogP contribution in [0.1, 0.15) is 23.6 Å². The zero-order valence-electron chi connectivity index (χ0n) is 14.6. The van der Waals surface area contributed by atoms with Crippen LogP contribution in [0.4, 0.5) is 5.69 Å². The Hall–Kier alpha value is -2.72. The van der Waals surface area contributed by atoms with Crippen LogP contribution in [0.2, 0.25) is 0 Å². The Kier molecular flexibility index (Phi) is 5.10. The number of thiocarbonyl (C=S) groups is 1. The molecule has 0 bridgehead atoms. The average Bonchev–Trinajstić information content (AvgIpc) is 2.62. The van der Waals surface area contributed by atoms with E-state index in [2.05, 4.69) is 72.2 Å². The summed E-state index contributed by atoms with van der Waals surface area (Å²) in [4.78, 5) is 0. The molecule has 0 aliphatic carbocycles. The highest BCUT2D eigenvalue weighted by Gasteiger charge is 2.04. The van der Waals surface area contributed by atoms with Gasteiger partial charge in [-0.1, -0.05) is 54.6 Å². The number of benzene rings is 3. The molecule has 0 atom stereocenters. The third kappa shape index (κ3) is 4.03. The molecular weight excluding hydrogens is 326 g/mol. The van der Waals surface area contributed by atoms with Gasteiger partial charge in [-0.15, -0.1) is 0 Å². The average molecular weight is 347 g/mol. The number of hydrazone groups is 1. The molecule has 3 nitrogen and oxygen atoms in total. The molecule has 4 heteroatoms. The van der Waals surface area contributed by atoms with Crippen molar-refractivity contribution in [3.63, 3.8) is 0 Å². The molecule has 0 aliphatic rings. The van der Waals surface area contributed by atoms with E-state index in [-0.39, 0.29) is 0 Å². The van der Waals surface area contributed by atoms with E-state index in [0.717, 1.165) is 28.1 Å². The molecule has 3 aromatic rings. The summed E-state index contributed by atoms with van der Waals surface area (Å²) >= 11 is 5.37. The highest BCUT2D eigenvalue weighted by Crippen LogP contribution is 2.19. The number of nitrogens with one attached hydrogen (secondary N) is 2. The lowest BCUT2D eigenvalue weighted by Crippen LogP contribution is -2.25. The van der Waals surface area contributed by atoms with Gasteiger partial charge in [-0.3, -0.25) is 5.43 Å². The van der Waals surface area contributed by atoms with Crippen LogP contribution in [0.15, 0.2) is 65.8 Å². The molecule has 3 aromatic carbocycles. The van der Waals surface area contributed by atoms with Crippen LogP contribution in [0, 0.1) is 13.8 Å². The van der Waals surface area contributed by atoms with Crippen LogP contribution in [0.25, 0.3) is 10.8 Å². The van der Waals surface area contributed by atoms with Crippen molar-refractivity contribution in [2.24, 2.45) is 5.10 Å². The van der Waals surface area contributed by atoms with Crippen molar-refractivity contribution < 1.29 is 0 Å². The Morgan fingerprint density at radius 1 is 0.880 bits per heavy atom. The van der Waals surface area contributed by atoms with Gasteiger partial charge in [0.25, 0.3) is 0 Å². The second kappa shape index (κ2) is 7.45. The topological polar surface area (TPSA) is 36.4 Å². The standard InChI is InChI=1S/C21H21N3S/c1-14-7-6-8-15(2)20(14)22-21(25)24-23-16(3)18-12-11-17-9-4-5-10-19(17)13-18/h4-13H,1-3H3,(H2,22,24,25)/b23-16-. The lowest BCUT2D eigenvalue weighted by molar-refractivity contribution is 1.04. The van der Waals surface area contributed by atoms with E-state index in [9.17, 15) is 0 Å². The molecular formula is C21H21N3S. The number of hydrogen-bond donors (Lipinski definition) is 2. The van der Waals surface area contributed by atoms with Crippen LogP contribution in [-0.2, 0) is 0 Å². The number of aryl methyl sites for hydroxylation is 2. The van der Waals surface area contributed by atoms with Crippen molar-refractivity contribution >= 4 is 39.5 Å². The minimum atomic E-state index is 0.484. The molecule has 0 unspecified atom stereocenters. The molecule has 3 rings (SSSR count). The maximum absolute atomic E-state index is 5.37. The molecule has 0 aromatic heterocycles. The predicted molar refractivity (Wildman–Crippen MR) is 111 cm³/mol. The largest absolute Gasteiger partial charge is 0.331 e. The van der Waals surface area contributed by atoms with E-state index in [1.54, 1.807) is 0 Å². The third-order valence-electron chi connectivity index (χ3n) is 4.21. The molecule has 0 saturated carbocycles. The van der Waals surface area contributed by atoms with Crippen LogP contribution in [0.5, 0.6) is 0 Å². The molecule has 0 heterocycles. The van der Waals surface area contributed by atoms with Gasteiger partial charge in [0.1, 0.15) is 0 Å². The van der Waals surface area contributed by atoms with Gasteiger partial charge in [0, 0.05) is 5.69 Å². The summed E-state index contributed by atoms with van der Waals surface area (Å²) in [6.45, 7) is 6.09. The van der Waals surface area contributed by atoms with Crippen LogP contribution in [-0.4, -0.2) is 10.8 Å². The fourth-order valence-electron chi connectivity index (χ4n) is 2.77. The minimum Gasteiger partial charge on any atom is -0.331 e. The van der Waals surface area contributed by atoms with Crippen molar-refractivity contribution in [1.29, 1.82) is 0 Å². The van der Waals surface area contributed by atoms with E-state index in [0.29, 0.717) is 5.11 Å². The van der Waals surface area contributed by atoms with Crippen molar-refractivity contribution in [1.82, 2.24) is 5.43 Å². The summed E-state index contributed by atoms with van der Waals surface area (Å²) in [6.07, 6.45) is 0. The maximum Gasteiger partial charge on any atom is 0.191 e. The molecule has 0 radical (unpaired) electrons. The fraction of sp³-hybridized carbons (Fsp3) is 0.143. The molecule has 126 valence electrons. The van der Waals surface area contributed by atoms with Gasteiger partial charge >= 0.3 is 0 Å². The van der Waals surface area contributed by atoms with Crippen LogP contribution in [0.3, 0.4) is 0 Å². The minimum absolute atomic E-state index is 0.484. The zero-order valence-corrected chi connectivity index (χ0v) is 15.4. The van der Waals surface area contributed by atoms with E-state index >= 15 is 0 Å². The fourth-order valence-corrected chi connectivity index (χ4v) is 2.91. The lowest BCUT2D eigenvalue weighted by atomic mass is 10.0. The SMILES string of the molecule is C/C(=N/NC(=S)Nc1c(C)cccc1C)c1ccc2ccccc2c1. The molecule has 0 fully saturated rings. The normalized spacial score (nSPS) is 11.4. The van der Waals surface area contributed by atoms with E-state index in [1.165, 1.54) is 10.8 Å². The first-order chi connectivity index (χ1) is 12.0. The number of hydrogen-bond acceptors (Lipinski definition) is 2. The lowest BCUT2D eigenvalue weighted by Gasteiger charge is -2.13. The number of nitrogens with zero attached hydrogens (tertiary/aromatic N) is 1. The first-order valence-corrected chi connectivity index (χ1v) is 8.62. The second-order valence-electron chi connectivity index (χ2n) is 6.09. The summed E-state index contributed by atoms with van der Waals surface area (Å²) < 4.78 is 0. The Morgan fingerprint density at radius 2 is 1.56 bits per heavy atom. The maximum atomic E-state index is 5.37. The van der Waals surface area contributed by atoms with E-state index in [4.69, 9.17) is 12.2 Å². The summed E-state index contributed by atoms with van der Waals surface area (Å²) in [5.41, 5.74) is 8.23. The number of rotatable bonds is 3. The highest BCUT2D eigenvalue weighted by molar-refractivity contribution is 7.80. The molecule has 25 heavy (non-hydrogen) atoms. The van der Waals surface area contributed by atoms with Gasteiger partial charge in [-0.05, 0) is 66.5 Å². The summed E-state index contributed by atoms with van der Waals surface area (Å²) in [6, 6.07) is 20.8. The van der Waals surface area contributed by atoms with Crippen LogP contribution < -0.4 is 10.7 Å². The van der Waals surface area contributed by atoms with Crippen molar-refractivity contribution in [2.75, 3.05) is 5.32 Å². The van der Waals surface area contributed by atoms with Gasteiger partial charge in [-0.2, -0.15) is 5.10 Å². The van der Waals surface area contributed by atoms with Gasteiger partial charge in [0.05, 0.1) is 5.71 Å². The Bertz CT molecular complexity index is 940. The Balaban J connectivity index is 1.72. The summed E-state index contributed by atoms with van der Waals surface area (Å²) in [7, 11) is 0. The quantitative estimate of drug-likeness (QED) is 0.390. The first-order valence-electron chi connectivity index (χ1n) is 8.21.